The number of aliphatic hydroxyl groups is 4. The van der Waals surface area contributed by atoms with Gasteiger partial charge in [0.2, 0.25) is 0 Å². The summed E-state index contributed by atoms with van der Waals surface area (Å²) in [4.78, 5) is 27.2. The summed E-state index contributed by atoms with van der Waals surface area (Å²) in [5, 5.41) is 52.3. The maximum atomic E-state index is 13.7. The Morgan fingerprint density at radius 3 is 2.26 bits per heavy atom. The Kier molecular flexibility index (Phi) is 8.53. The summed E-state index contributed by atoms with van der Waals surface area (Å²) in [7, 11) is 0. The van der Waals surface area contributed by atoms with Crippen LogP contribution in [-0.2, 0) is 39.2 Å². The number of allylic oxidation sites excluding steroid dienone is 2. The zero-order valence-corrected chi connectivity index (χ0v) is 33.5. The number of aliphatic hydroxyl groups excluding tert-OH is 1. The molecule has 11 bridgehead atoms. The molecule has 12 rings (SSSR count). The van der Waals surface area contributed by atoms with Crippen LogP contribution in [0, 0.1) is 41.4 Å². The van der Waals surface area contributed by atoms with Gasteiger partial charge in [-0.25, -0.2) is 9.59 Å². The van der Waals surface area contributed by atoms with Crippen molar-refractivity contribution in [1.29, 1.82) is 0 Å². The van der Waals surface area contributed by atoms with Crippen LogP contribution in [0.5, 0.6) is 0 Å². The Bertz CT molecular complexity index is 2040. The van der Waals surface area contributed by atoms with Gasteiger partial charge in [0.25, 0.3) is 0 Å². The normalized spacial score (nSPS) is 53.5. The molecule has 12 nitrogen and oxygen atoms in total. The first-order valence-corrected chi connectivity index (χ1v) is 21.0. The highest BCUT2D eigenvalue weighted by atomic mass is 16.9. The minimum absolute atomic E-state index is 0.0685. The second kappa shape index (κ2) is 12.8. The number of esters is 2. The van der Waals surface area contributed by atoms with Crippen molar-refractivity contribution in [3.63, 3.8) is 0 Å². The fourth-order valence-corrected chi connectivity index (χ4v) is 13.2. The molecule has 6 heterocycles. The van der Waals surface area contributed by atoms with E-state index in [2.05, 4.69) is 6.92 Å². The number of benzene rings is 2. The third-order valence-electron chi connectivity index (χ3n) is 16.1. The Balaban J connectivity index is 1.13. The number of carbonyl (C=O) groups excluding carboxylic acids is 2. The standard InChI is InChI=1S/C46H54O12/c1-24-22-32-43(51)35(24)54-33(47)19-13-12-18-31(53-39(48)27-14-8-6-9-15-27)30-21-20-28(25(30)2)23-41(4,50)45(52)36-26(3)44(32)34(37-42(5,55-37)40(43)49)38(45)57-46(56-36,58-44)29-16-10-7-11-17-29/h6-19,24-26,28,30-32,34-38,40,49-52H,20-23H2,1-5H3/b18-12-,19-13-/t24-,25-,26+,28+,30-,31-,32+,34-,35-,36-,37-,38+,40+,41+,42-,43+,44-,45-,46-/m0/s1. The molecule has 4 N–H and O–H groups in total. The van der Waals surface area contributed by atoms with Crippen molar-refractivity contribution in [2.75, 3.05) is 0 Å². The number of hydrogen-bond donors (Lipinski definition) is 4. The summed E-state index contributed by atoms with van der Waals surface area (Å²) in [5.74, 6) is -6.12. The molecule has 8 fully saturated rings. The third kappa shape index (κ3) is 4.97. The lowest BCUT2D eigenvalue weighted by Gasteiger charge is -2.74. The van der Waals surface area contributed by atoms with Crippen LogP contribution in [0.1, 0.15) is 76.2 Å². The molecule has 12 heteroatoms. The lowest BCUT2D eigenvalue weighted by molar-refractivity contribution is -0.595. The first kappa shape index (κ1) is 38.7. The molecule has 4 aliphatic carbocycles. The lowest BCUT2D eigenvalue weighted by atomic mass is 9.49. The molecule has 310 valence electrons. The van der Waals surface area contributed by atoms with E-state index in [4.69, 9.17) is 28.4 Å². The van der Waals surface area contributed by atoms with E-state index in [0.717, 1.165) is 0 Å². The molecule has 0 aromatic heterocycles. The van der Waals surface area contributed by atoms with Gasteiger partial charge >= 0.3 is 17.9 Å². The number of hydrogen-bond acceptors (Lipinski definition) is 12. The van der Waals surface area contributed by atoms with Gasteiger partial charge in [-0.15, -0.1) is 0 Å². The molecule has 58 heavy (non-hydrogen) atoms. The number of epoxide rings is 1. The second-order valence-corrected chi connectivity index (χ2v) is 19.0. The number of ether oxygens (including phenoxy) is 6. The highest BCUT2D eigenvalue weighted by molar-refractivity contribution is 5.89. The van der Waals surface area contributed by atoms with E-state index in [-0.39, 0.29) is 24.2 Å². The van der Waals surface area contributed by atoms with Crippen LogP contribution in [0.4, 0.5) is 0 Å². The summed E-state index contributed by atoms with van der Waals surface area (Å²) >= 11 is 0. The van der Waals surface area contributed by atoms with Crippen molar-refractivity contribution >= 4 is 11.9 Å². The van der Waals surface area contributed by atoms with Crippen molar-refractivity contribution in [1.82, 2.24) is 0 Å². The molecule has 0 radical (unpaired) electrons. The smallest absolute Gasteiger partial charge is 0.338 e. The first-order valence-electron chi connectivity index (χ1n) is 21.0. The highest BCUT2D eigenvalue weighted by Crippen LogP contribution is 2.75. The van der Waals surface area contributed by atoms with E-state index in [1.54, 1.807) is 50.3 Å². The van der Waals surface area contributed by atoms with Gasteiger partial charge in [0.15, 0.2) is 0 Å². The predicted molar refractivity (Wildman–Crippen MR) is 205 cm³/mol. The van der Waals surface area contributed by atoms with Crippen LogP contribution < -0.4 is 0 Å². The Hall–Kier alpha value is -3.46. The molecule has 6 aliphatic heterocycles. The highest BCUT2D eigenvalue weighted by Gasteiger charge is 2.90. The summed E-state index contributed by atoms with van der Waals surface area (Å²) in [5.41, 5.74) is -7.62. The summed E-state index contributed by atoms with van der Waals surface area (Å²) < 4.78 is 39.9. The maximum absolute atomic E-state index is 13.7. The minimum atomic E-state index is -2.07. The molecule has 1 spiro atoms. The minimum Gasteiger partial charge on any atom is -0.456 e. The number of carbonyl (C=O) groups is 2. The van der Waals surface area contributed by atoms with E-state index in [1.807, 2.05) is 50.2 Å². The third-order valence-corrected chi connectivity index (χ3v) is 16.1. The maximum Gasteiger partial charge on any atom is 0.338 e. The van der Waals surface area contributed by atoms with Gasteiger partial charge in [0, 0.05) is 35.3 Å². The largest absolute Gasteiger partial charge is 0.456 e. The summed E-state index contributed by atoms with van der Waals surface area (Å²) in [6, 6.07) is 17.9. The molecule has 19 atom stereocenters. The average Bonchev–Trinajstić information content (AvgIpc) is 3.68. The van der Waals surface area contributed by atoms with Crippen LogP contribution in [0.2, 0.25) is 0 Å². The van der Waals surface area contributed by atoms with E-state index in [0.29, 0.717) is 30.4 Å². The van der Waals surface area contributed by atoms with Crippen LogP contribution in [-0.4, -0.2) is 97.0 Å². The molecule has 0 unspecified atom stereocenters. The van der Waals surface area contributed by atoms with Crippen molar-refractivity contribution in [3.8, 4) is 0 Å². The molecular weight excluding hydrogens is 744 g/mol. The van der Waals surface area contributed by atoms with Gasteiger partial charge in [-0.3, -0.25) is 0 Å². The predicted octanol–water partition coefficient (Wildman–Crippen LogP) is 4.33. The Morgan fingerprint density at radius 1 is 0.845 bits per heavy atom. The second-order valence-electron chi connectivity index (χ2n) is 19.0. The molecule has 0 amide bonds. The molecule has 4 saturated carbocycles. The molecule has 4 saturated heterocycles. The Morgan fingerprint density at radius 2 is 1.53 bits per heavy atom. The SMILES string of the molecule is C[C@H]1[C@@H]2CC[C@@H]1[C@@H](OC(=O)c1ccccc1)/C=C\C=C/C(=O)O[C@H]1[C@@H](C)C[C@@H]3[C@]1(O)[C@H](O)[C@@]1(C)O[C@H]1[C@H]1[C@H]4O[C@]5(c6ccccc6)O[C@@H]([C@@H](C)[C@@]13O5)[C@@]4(O)[C@](C)(O)C2. The fraction of sp³-hybridized carbons (Fsp3) is 0.609. The monoisotopic (exact) mass is 798 g/mol. The van der Waals surface area contributed by atoms with Gasteiger partial charge in [-0.1, -0.05) is 81.5 Å². The number of fused-ring (bicyclic) bond motifs is 6. The quantitative estimate of drug-likeness (QED) is 0.256. The molecule has 10 aliphatic rings. The molecule has 2 aromatic rings. The van der Waals surface area contributed by atoms with Gasteiger partial charge < -0.3 is 48.8 Å². The van der Waals surface area contributed by atoms with Crippen molar-refractivity contribution in [2.45, 2.75) is 131 Å². The van der Waals surface area contributed by atoms with Gasteiger partial charge in [0.1, 0.15) is 47.3 Å². The van der Waals surface area contributed by atoms with E-state index >= 15 is 0 Å². The number of rotatable bonds is 3. The molecule has 2 aromatic carbocycles. The van der Waals surface area contributed by atoms with Gasteiger partial charge in [-0.2, -0.15) is 0 Å². The van der Waals surface area contributed by atoms with Crippen molar-refractivity contribution in [2.24, 2.45) is 41.4 Å². The van der Waals surface area contributed by atoms with Crippen molar-refractivity contribution < 1.29 is 58.4 Å². The topological polar surface area (TPSA) is 174 Å². The van der Waals surface area contributed by atoms with Crippen LogP contribution in [0.15, 0.2) is 85.0 Å². The first-order chi connectivity index (χ1) is 27.5. The lowest BCUT2D eigenvalue weighted by Crippen LogP contribution is -2.89. The fourth-order valence-electron chi connectivity index (χ4n) is 13.2. The van der Waals surface area contributed by atoms with E-state index in [1.165, 1.54) is 12.2 Å². The molecular formula is C46H54O12. The summed E-state index contributed by atoms with van der Waals surface area (Å²) in [6.45, 7) is 9.26. The van der Waals surface area contributed by atoms with E-state index in [9.17, 15) is 30.0 Å². The van der Waals surface area contributed by atoms with Crippen LogP contribution >= 0.6 is 0 Å². The average molecular weight is 799 g/mol. The zero-order chi connectivity index (χ0) is 40.8. The Labute approximate surface area is 338 Å². The van der Waals surface area contributed by atoms with Crippen LogP contribution in [0.25, 0.3) is 0 Å². The summed E-state index contributed by atoms with van der Waals surface area (Å²) in [6.07, 6.45) is 1.70. The van der Waals surface area contributed by atoms with Crippen molar-refractivity contribution in [3.05, 3.63) is 96.1 Å². The van der Waals surface area contributed by atoms with Gasteiger partial charge in [0.05, 0.1) is 22.9 Å². The van der Waals surface area contributed by atoms with Gasteiger partial charge in [-0.05, 0) is 75.5 Å². The van der Waals surface area contributed by atoms with E-state index < -0.39 is 106 Å². The van der Waals surface area contributed by atoms with Crippen LogP contribution in [0.3, 0.4) is 0 Å². The zero-order valence-electron chi connectivity index (χ0n) is 33.5.